The summed E-state index contributed by atoms with van der Waals surface area (Å²) in [5, 5.41) is 25.2. The third-order valence-corrected chi connectivity index (χ3v) is 15.5. The topological polar surface area (TPSA) is 93.3 Å². The largest absolute Gasteiger partial charge is 0.472 e. The van der Waals surface area contributed by atoms with Crippen molar-refractivity contribution in [2.24, 2.45) is 21.7 Å². The Kier molecular flexibility index (Phi) is 7.54. The summed E-state index contributed by atoms with van der Waals surface area (Å²) in [5.41, 5.74) is 6.49. The summed E-state index contributed by atoms with van der Waals surface area (Å²) in [5.74, 6) is 3.31. The zero-order valence-electron chi connectivity index (χ0n) is 34.1. The van der Waals surface area contributed by atoms with E-state index in [4.69, 9.17) is 14.5 Å². The van der Waals surface area contributed by atoms with Crippen LogP contribution < -0.4 is 0 Å². The summed E-state index contributed by atoms with van der Waals surface area (Å²) < 4.78 is 14.9. The quantitative estimate of drug-likeness (QED) is 0.242. The zero-order valence-corrected chi connectivity index (χ0v) is 34.1. The average Bonchev–Trinajstić information content (AvgIpc) is 3.82. The first kappa shape index (κ1) is 36.4. The Morgan fingerprint density at radius 1 is 1.07 bits per heavy atom. The molecule has 54 heavy (non-hydrogen) atoms. The number of ether oxygens (including phenoxy) is 2. The Balaban J connectivity index is 1.20. The minimum atomic E-state index is -0.929. The van der Waals surface area contributed by atoms with Crippen LogP contribution in [0.25, 0.3) is 16.5 Å². The number of aromatic nitrogens is 1. The van der Waals surface area contributed by atoms with Gasteiger partial charge in [-0.3, -0.25) is 4.79 Å². The van der Waals surface area contributed by atoms with E-state index in [2.05, 4.69) is 90.0 Å². The van der Waals surface area contributed by atoms with E-state index < -0.39 is 34.9 Å². The number of Topliss-reactive ketones (excluding diaryl/α,β-unsaturated/α-hetero) is 1. The van der Waals surface area contributed by atoms with E-state index >= 15 is 0 Å². The van der Waals surface area contributed by atoms with Gasteiger partial charge in [-0.1, -0.05) is 51.2 Å². The number of aliphatic imine (C=N–C) groups is 1. The lowest BCUT2D eigenvalue weighted by molar-refractivity contribution is -0.122. The highest BCUT2D eigenvalue weighted by atomic mass is 16.5. The van der Waals surface area contributed by atoms with Gasteiger partial charge in [-0.05, 0) is 134 Å². The highest BCUT2D eigenvalue weighted by Gasteiger charge is 2.68. The molecule has 286 valence electrons. The molecule has 2 unspecified atom stereocenters. The number of fused-ring (bicyclic) bond motifs is 11. The maximum absolute atomic E-state index is 14.9. The molecule has 1 aromatic carbocycles. The van der Waals surface area contributed by atoms with Gasteiger partial charge >= 0.3 is 0 Å². The second-order valence-electron chi connectivity index (χ2n) is 19.6. The van der Waals surface area contributed by atoms with Gasteiger partial charge in [0.2, 0.25) is 5.90 Å². The fourth-order valence-corrected chi connectivity index (χ4v) is 12.8. The monoisotopic (exact) mass is 730 g/mol. The number of aliphatic hydroxyl groups excluding tert-OH is 2. The SMILES string of the molecule is C=C(C)[C@H]1C(=O)c2c3c(cc4c5c(n1c24)[C@@]1(C)[C](CC[C@H]2[C@](C)(/C=C/C=C(\C)C4=NC(C)C(C)O4)[C@@H](O)CC[C@@]21C)C5)C1=CC(C)(C)OC(C)(C)[C]1[C@@H]3O. The molecule has 9 rings (SSSR count). The molecular weight excluding hydrogens is 673 g/mol. The summed E-state index contributed by atoms with van der Waals surface area (Å²) >= 11 is 0. The molecular formula is C47H58N2O5. The van der Waals surface area contributed by atoms with E-state index in [1.165, 1.54) is 17.2 Å². The standard InChI is InChI=1S/C47H58N2O5/c1-23(2)37-40(52)35-34-28(31-22-43(6,7)54-44(8,9)36(31)39(34)51)21-29-30-20-27-15-16-32-45(10,18-13-14-24(3)42-48-25(4)26(5)53-42)33(50)17-19-46(32,11)47(27,12)41(30)49(37)38(29)35/h13-14,18,21-22,25-26,32-33,37,39,50-51H,1,15-17,19-20H2,2-12H3/b18-13+,24-14+/t25?,26?,32-,33-,37-,39+,45-,46-,47+/m0/s1. The Hall–Kier alpha value is -3.26. The van der Waals surface area contributed by atoms with E-state index in [1.54, 1.807) is 0 Å². The fourth-order valence-electron chi connectivity index (χ4n) is 12.8. The third kappa shape index (κ3) is 4.41. The molecule has 1 aromatic heterocycles. The lowest BCUT2D eigenvalue weighted by atomic mass is 9.40. The molecule has 3 aliphatic heterocycles. The molecule has 2 saturated carbocycles. The second kappa shape index (κ2) is 11.2. The van der Waals surface area contributed by atoms with Crippen LogP contribution in [-0.2, 0) is 21.3 Å². The van der Waals surface area contributed by atoms with Gasteiger partial charge < -0.3 is 24.3 Å². The van der Waals surface area contributed by atoms with Crippen molar-refractivity contribution < 1.29 is 24.5 Å². The average molecular weight is 731 g/mol. The lowest BCUT2D eigenvalue weighted by Crippen LogP contribution is -2.61. The number of ketones is 1. The Bertz CT molecular complexity index is 2180. The van der Waals surface area contributed by atoms with Gasteiger partial charge in [0.25, 0.3) is 0 Å². The van der Waals surface area contributed by atoms with Gasteiger partial charge in [0.15, 0.2) is 5.78 Å². The van der Waals surface area contributed by atoms with Crippen LogP contribution in [0.2, 0.25) is 0 Å². The van der Waals surface area contributed by atoms with Crippen LogP contribution in [0.3, 0.4) is 0 Å². The Morgan fingerprint density at radius 3 is 2.46 bits per heavy atom. The van der Waals surface area contributed by atoms with Crippen molar-refractivity contribution in [2.75, 3.05) is 0 Å². The van der Waals surface area contributed by atoms with E-state index in [1.807, 2.05) is 27.7 Å². The molecule has 0 saturated heterocycles. The number of allylic oxidation sites excluding steroid dienone is 3. The molecule has 0 spiro atoms. The molecule has 4 heterocycles. The van der Waals surface area contributed by atoms with Crippen molar-refractivity contribution in [3.63, 3.8) is 0 Å². The zero-order chi connectivity index (χ0) is 38.8. The van der Waals surface area contributed by atoms with E-state index in [0.717, 1.165) is 70.4 Å². The van der Waals surface area contributed by atoms with Crippen LogP contribution in [0, 0.1) is 28.6 Å². The maximum atomic E-state index is 14.9. The summed E-state index contributed by atoms with van der Waals surface area (Å²) in [6, 6.07) is 1.90. The lowest BCUT2D eigenvalue weighted by Gasteiger charge is -2.64. The van der Waals surface area contributed by atoms with Crippen LogP contribution in [0.15, 0.2) is 53.1 Å². The second-order valence-corrected chi connectivity index (χ2v) is 19.6. The van der Waals surface area contributed by atoms with Crippen LogP contribution in [0.5, 0.6) is 0 Å². The number of aliphatic hydroxyl groups is 2. The van der Waals surface area contributed by atoms with Crippen LogP contribution in [-0.4, -0.2) is 55.9 Å². The minimum absolute atomic E-state index is 0.0298. The molecule has 7 aliphatic rings. The van der Waals surface area contributed by atoms with Crippen molar-refractivity contribution in [2.45, 2.75) is 155 Å². The number of carbonyl (C=O) groups is 1. The molecule has 0 bridgehead atoms. The van der Waals surface area contributed by atoms with Crippen LogP contribution in [0.1, 0.15) is 147 Å². The smallest absolute Gasteiger partial charge is 0.212 e. The van der Waals surface area contributed by atoms with Crippen molar-refractivity contribution in [1.29, 1.82) is 0 Å². The third-order valence-electron chi connectivity index (χ3n) is 15.5. The molecule has 2 radical (unpaired) electrons. The van der Waals surface area contributed by atoms with E-state index in [9.17, 15) is 15.0 Å². The fraction of sp³-hybridized carbons (Fsp3) is 0.574. The molecule has 0 amide bonds. The molecule has 2 aromatic rings. The number of nitrogens with zero attached hydrogens (tertiary/aromatic N) is 2. The van der Waals surface area contributed by atoms with Crippen molar-refractivity contribution in [3.05, 3.63) is 87.9 Å². The summed E-state index contributed by atoms with van der Waals surface area (Å²) in [6.07, 6.45) is 11.7. The number of benzene rings is 1. The van der Waals surface area contributed by atoms with Gasteiger partial charge in [-0.2, -0.15) is 0 Å². The highest BCUT2D eigenvalue weighted by molar-refractivity contribution is 6.19. The van der Waals surface area contributed by atoms with E-state index in [0.29, 0.717) is 17.9 Å². The number of carbonyl (C=O) groups excluding carboxylic acids is 1. The molecule has 2 fully saturated rings. The van der Waals surface area contributed by atoms with E-state index in [-0.39, 0.29) is 34.7 Å². The Labute approximate surface area is 321 Å². The summed E-state index contributed by atoms with van der Waals surface area (Å²) in [7, 11) is 0. The first-order valence-electron chi connectivity index (χ1n) is 20.2. The number of hydrogen-bond donors (Lipinski definition) is 2. The van der Waals surface area contributed by atoms with Gasteiger partial charge in [0.1, 0.15) is 12.1 Å². The normalized spacial score (nSPS) is 39.3. The van der Waals surface area contributed by atoms with Crippen LogP contribution in [0.4, 0.5) is 0 Å². The van der Waals surface area contributed by atoms with Gasteiger partial charge in [0, 0.05) is 33.0 Å². The molecule has 7 nitrogen and oxygen atoms in total. The van der Waals surface area contributed by atoms with Crippen molar-refractivity contribution in [3.8, 4) is 0 Å². The number of rotatable bonds is 4. The molecule has 9 atom stereocenters. The highest BCUT2D eigenvalue weighted by Crippen LogP contribution is 2.72. The first-order valence-corrected chi connectivity index (χ1v) is 20.2. The predicted molar refractivity (Wildman–Crippen MR) is 214 cm³/mol. The van der Waals surface area contributed by atoms with Crippen molar-refractivity contribution >= 4 is 28.2 Å². The molecule has 4 aliphatic carbocycles. The Morgan fingerprint density at radius 2 is 1.80 bits per heavy atom. The van der Waals surface area contributed by atoms with Crippen molar-refractivity contribution in [1.82, 2.24) is 4.57 Å². The molecule has 2 N–H and O–H groups in total. The van der Waals surface area contributed by atoms with Gasteiger partial charge in [0.05, 0.1) is 46.4 Å². The summed E-state index contributed by atoms with van der Waals surface area (Å²) in [6.45, 7) is 27.9. The summed E-state index contributed by atoms with van der Waals surface area (Å²) in [4.78, 5) is 19.6. The predicted octanol–water partition coefficient (Wildman–Crippen LogP) is 9.22. The minimum Gasteiger partial charge on any atom is -0.472 e. The van der Waals surface area contributed by atoms with Gasteiger partial charge in [-0.15, -0.1) is 0 Å². The van der Waals surface area contributed by atoms with Crippen LogP contribution >= 0.6 is 0 Å². The first-order chi connectivity index (χ1) is 25.2. The number of hydrogen-bond acceptors (Lipinski definition) is 6. The van der Waals surface area contributed by atoms with Gasteiger partial charge in [-0.25, -0.2) is 4.99 Å². The molecule has 7 heteroatoms. The maximum Gasteiger partial charge on any atom is 0.212 e.